The standard InChI is InChI=1S/C24H30O8/c1-24-9-8-14-13-5-3-12(10-11(13)2-4-15(14)16(24)6-7-17(24)25)31-23-20(28)18(26)19(27)21(32-23)22(29)30/h3,5,10,14-16,18-21,23,26-28H,2,4,6-9H2,1H3,(H,29,30)/t14-,15-,16+,18?,19?,20?,21?,23?,24+/m0/s1. The zero-order valence-corrected chi connectivity index (χ0v) is 18.0. The van der Waals surface area contributed by atoms with Gasteiger partial charge in [0.1, 0.15) is 29.8 Å². The Hall–Kier alpha value is -2.00. The third kappa shape index (κ3) is 3.27. The molecular formula is C24H30O8. The Balaban J connectivity index is 1.35. The lowest BCUT2D eigenvalue weighted by atomic mass is 9.55. The van der Waals surface area contributed by atoms with Crippen LogP contribution in [0.1, 0.15) is 56.1 Å². The molecule has 4 N–H and O–H groups in total. The lowest BCUT2D eigenvalue weighted by Crippen LogP contribution is -2.61. The van der Waals surface area contributed by atoms with Crippen LogP contribution in [-0.4, -0.2) is 62.9 Å². The van der Waals surface area contributed by atoms with E-state index in [2.05, 4.69) is 6.92 Å². The first-order valence-corrected chi connectivity index (χ1v) is 11.5. The molecule has 1 saturated heterocycles. The smallest absolute Gasteiger partial charge is 0.335 e. The summed E-state index contributed by atoms with van der Waals surface area (Å²) >= 11 is 0. The number of hydrogen-bond donors (Lipinski definition) is 4. The van der Waals surface area contributed by atoms with E-state index in [0.29, 0.717) is 35.7 Å². The van der Waals surface area contributed by atoms with E-state index in [1.807, 2.05) is 12.1 Å². The third-order valence-corrected chi connectivity index (χ3v) is 8.47. The van der Waals surface area contributed by atoms with Gasteiger partial charge < -0.3 is 29.9 Å². The number of Topliss-reactive ketones (excluding diaryl/α,β-unsaturated/α-hetero) is 1. The van der Waals surface area contributed by atoms with Crippen molar-refractivity contribution in [2.24, 2.45) is 17.3 Å². The number of hydrogen-bond acceptors (Lipinski definition) is 7. The second-order valence-corrected chi connectivity index (χ2v) is 10.0. The Morgan fingerprint density at radius 2 is 1.88 bits per heavy atom. The Bertz CT molecular complexity index is 931. The molecule has 5 rings (SSSR count). The van der Waals surface area contributed by atoms with Gasteiger partial charge in [-0.1, -0.05) is 13.0 Å². The van der Waals surface area contributed by atoms with Crippen LogP contribution in [-0.2, 0) is 20.7 Å². The monoisotopic (exact) mass is 446 g/mol. The van der Waals surface area contributed by atoms with Crippen molar-refractivity contribution in [3.05, 3.63) is 29.3 Å². The summed E-state index contributed by atoms with van der Waals surface area (Å²) in [4.78, 5) is 23.8. The molecule has 2 saturated carbocycles. The minimum atomic E-state index is -1.75. The molecule has 1 aromatic carbocycles. The van der Waals surface area contributed by atoms with Gasteiger partial charge in [0.05, 0.1) is 0 Å². The summed E-state index contributed by atoms with van der Waals surface area (Å²) in [6.45, 7) is 2.15. The molecule has 1 aliphatic heterocycles. The number of aryl methyl sites for hydroxylation is 1. The summed E-state index contributed by atoms with van der Waals surface area (Å²) in [5.74, 6) is 0.773. The molecule has 8 heteroatoms. The van der Waals surface area contributed by atoms with Crippen LogP contribution in [0.15, 0.2) is 18.2 Å². The van der Waals surface area contributed by atoms with Gasteiger partial charge in [0.2, 0.25) is 6.29 Å². The first-order chi connectivity index (χ1) is 15.2. The number of carbonyl (C=O) groups is 2. The van der Waals surface area contributed by atoms with Crippen molar-refractivity contribution in [1.29, 1.82) is 0 Å². The summed E-state index contributed by atoms with van der Waals surface area (Å²) in [6, 6.07) is 5.69. The van der Waals surface area contributed by atoms with Crippen molar-refractivity contribution in [2.45, 2.75) is 82.1 Å². The van der Waals surface area contributed by atoms with Crippen LogP contribution in [0, 0.1) is 17.3 Å². The molecule has 32 heavy (non-hydrogen) atoms. The molecule has 0 radical (unpaired) electrons. The summed E-state index contributed by atoms with van der Waals surface area (Å²) in [7, 11) is 0. The summed E-state index contributed by atoms with van der Waals surface area (Å²) < 4.78 is 10.9. The largest absolute Gasteiger partial charge is 0.479 e. The molecule has 0 bridgehead atoms. The van der Waals surface area contributed by atoms with Gasteiger partial charge in [0.25, 0.3) is 0 Å². The fourth-order valence-electron chi connectivity index (χ4n) is 6.69. The first kappa shape index (κ1) is 21.8. The molecule has 0 aromatic heterocycles. The van der Waals surface area contributed by atoms with Gasteiger partial charge in [-0.05, 0) is 73.1 Å². The normalized spacial score (nSPS) is 43.2. The summed E-state index contributed by atoms with van der Waals surface area (Å²) in [5, 5.41) is 39.3. The van der Waals surface area contributed by atoms with E-state index < -0.39 is 36.7 Å². The molecular weight excluding hydrogens is 416 g/mol. The maximum atomic E-state index is 12.5. The zero-order valence-electron chi connectivity index (χ0n) is 18.0. The maximum absolute atomic E-state index is 12.5. The number of rotatable bonds is 3. The number of carbonyl (C=O) groups excluding carboxylic acids is 1. The highest BCUT2D eigenvalue weighted by Crippen LogP contribution is 2.59. The number of ether oxygens (including phenoxy) is 2. The molecule has 9 atom stereocenters. The van der Waals surface area contributed by atoms with Crippen molar-refractivity contribution in [1.82, 2.24) is 0 Å². The molecule has 174 valence electrons. The number of fused-ring (bicyclic) bond motifs is 5. The van der Waals surface area contributed by atoms with E-state index in [-0.39, 0.29) is 5.41 Å². The van der Waals surface area contributed by atoms with Gasteiger partial charge in [-0.15, -0.1) is 0 Å². The van der Waals surface area contributed by atoms with E-state index in [9.17, 15) is 30.0 Å². The number of aliphatic hydroxyl groups excluding tert-OH is 3. The number of aliphatic hydroxyl groups is 3. The minimum Gasteiger partial charge on any atom is -0.479 e. The fourth-order valence-corrected chi connectivity index (χ4v) is 6.69. The SMILES string of the molecule is C[C@@]12CC[C@H]3c4ccc(OC5OC(C(=O)O)C(O)C(O)C5O)cc4CC[C@@H]3[C@H]1CCC2=O. The molecule has 0 amide bonds. The van der Waals surface area contributed by atoms with Gasteiger partial charge in [-0.25, -0.2) is 4.79 Å². The average Bonchev–Trinajstić information content (AvgIpc) is 3.08. The predicted octanol–water partition coefficient (Wildman–Crippen LogP) is 1.38. The topological polar surface area (TPSA) is 134 Å². The molecule has 5 unspecified atom stereocenters. The Labute approximate surface area is 186 Å². The quantitative estimate of drug-likeness (QED) is 0.547. The van der Waals surface area contributed by atoms with Gasteiger partial charge in [0.15, 0.2) is 6.10 Å². The highest BCUT2D eigenvalue weighted by atomic mass is 16.7. The van der Waals surface area contributed by atoms with Crippen LogP contribution in [0.4, 0.5) is 0 Å². The number of aliphatic carboxylic acids is 1. The second-order valence-electron chi connectivity index (χ2n) is 10.0. The van der Waals surface area contributed by atoms with Gasteiger partial charge >= 0.3 is 5.97 Å². The lowest BCUT2D eigenvalue weighted by molar-refractivity contribution is -0.271. The number of benzene rings is 1. The molecule has 4 aliphatic rings. The fraction of sp³-hybridized carbons (Fsp3) is 0.667. The van der Waals surface area contributed by atoms with E-state index in [4.69, 9.17) is 9.47 Å². The first-order valence-electron chi connectivity index (χ1n) is 11.5. The van der Waals surface area contributed by atoms with Crippen molar-refractivity contribution >= 4 is 11.8 Å². The van der Waals surface area contributed by atoms with Crippen LogP contribution < -0.4 is 4.74 Å². The van der Waals surface area contributed by atoms with Gasteiger partial charge in [-0.2, -0.15) is 0 Å². The van der Waals surface area contributed by atoms with Gasteiger partial charge in [0, 0.05) is 11.8 Å². The zero-order chi connectivity index (χ0) is 22.8. The Morgan fingerprint density at radius 3 is 2.62 bits per heavy atom. The molecule has 1 heterocycles. The third-order valence-electron chi connectivity index (χ3n) is 8.47. The van der Waals surface area contributed by atoms with E-state index in [0.717, 1.165) is 37.7 Å². The minimum absolute atomic E-state index is 0.164. The van der Waals surface area contributed by atoms with Crippen LogP contribution >= 0.6 is 0 Å². The van der Waals surface area contributed by atoms with Crippen LogP contribution in [0.3, 0.4) is 0 Å². The second kappa shape index (κ2) is 7.80. The maximum Gasteiger partial charge on any atom is 0.335 e. The molecule has 0 spiro atoms. The highest BCUT2D eigenvalue weighted by Gasteiger charge is 2.54. The van der Waals surface area contributed by atoms with Crippen LogP contribution in [0.5, 0.6) is 5.75 Å². The van der Waals surface area contributed by atoms with Crippen molar-refractivity contribution in [3.8, 4) is 5.75 Å². The van der Waals surface area contributed by atoms with Crippen molar-refractivity contribution in [2.75, 3.05) is 0 Å². The van der Waals surface area contributed by atoms with Crippen molar-refractivity contribution < 1.29 is 39.5 Å². The van der Waals surface area contributed by atoms with E-state index >= 15 is 0 Å². The van der Waals surface area contributed by atoms with Crippen LogP contribution in [0.2, 0.25) is 0 Å². The highest BCUT2D eigenvalue weighted by molar-refractivity contribution is 5.87. The Kier molecular flexibility index (Phi) is 5.32. The predicted molar refractivity (Wildman–Crippen MR) is 111 cm³/mol. The number of ketones is 1. The molecule has 1 aromatic rings. The molecule has 8 nitrogen and oxygen atoms in total. The van der Waals surface area contributed by atoms with Crippen LogP contribution in [0.25, 0.3) is 0 Å². The summed E-state index contributed by atoms with van der Waals surface area (Å²) in [5.41, 5.74) is 2.26. The number of carboxylic acids is 1. The van der Waals surface area contributed by atoms with E-state index in [1.165, 1.54) is 5.56 Å². The van der Waals surface area contributed by atoms with Crippen molar-refractivity contribution in [3.63, 3.8) is 0 Å². The molecule has 3 aliphatic carbocycles. The van der Waals surface area contributed by atoms with E-state index in [1.54, 1.807) is 6.07 Å². The number of carboxylic acid groups (broad SMARTS) is 1. The van der Waals surface area contributed by atoms with Gasteiger partial charge in [-0.3, -0.25) is 4.79 Å². The lowest BCUT2D eigenvalue weighted by Gasteiger charge is -2.48. The average molecular weight is 446 g/mol. The summed E-state index contributed by atoms with van der Waals surface area (Å²) in [6.07, 6.45) is -2.65. The Morgan fingerprint density at radius 1 is 1.09 bits per heavy atom. The molecule has 3 fully saturated rings.